The van der Waals surface area contributed by atoms with Crippen LogP contribution in [0.2, 0.25) is 0 Å². The monoisotopic (exact) mass is 906 g/mol. The number of hydrogen-bond acceptors (Lipinski definition) is 11. The van der Waals surface area contributed by atoms with Gasteiger partial charge in [-0.15, -0.1) is 0 Å². The van der Waals surface area contributed by atoms with Crippen molar-refractivity contribution in [1.29, 1.82) is 0 Å². The number of carbonyl (C=O) groups excluding carboxylic acids is 4. The van der Waals surface area contributed by atoms with Crippen molar-refractivity contribution in [1.82, 2.24) is 44.0 Å². The molecule has 2 aliphatic heterocycles. The zero-order chi connectivity index (χ0) is 46.1. The molecule has 4 amide bonds. The molecule has 2 saturated heterocycles. The van der Waals surface area contributed by atoms with Crippen molar-refractivity contribution >= 4 is 40.3 Å². The van der Waals surface area contributed by atoms with E-state index in [1.165, 1.54) is 39.1 Å². The van der Waals surface area contributed by atoms with Crippen LogP contribution >= 0.6 is 0 Å². The normalized spacial score (nSPS) is 21.4. The fourth-order valence-corrected chi connectivity index (χ4v) is 9.31. The van der Waals surface area contributed by atoms with Crippen LogP contribution in [0.3, 0.4) is 0 Å². The molecule has 4 aromatic heterocycles. The number of hydrogen-bond donors (Lipinski definition) is 2. The van der Waals surface area contributed by atoms with Crippen LogP contribution in [-0.2, 0) is 32.6 Å². The lowest BCUT2D eigenvalue weighted by atomic mass is 9.85. The Balaban J connectivity index is 0.752. The number of ether oxygens (including phenoxy) is 1. The smallest absolute Gasteiger partial charge is 0.329 e. The highest BCUT2D eigenvalue weighted by atomic mass is 19.3. The van der Waals surface area contributed by atoms with Gasteiger partial charge >= 0.3 is 5.69 Å². The van der Waals surface area contributed by atoms with Gasteiger partial charge in [-0.2, -0.15) is 5.10 Å². The summed E-state index contributed by atoms with van der Waals surface area (Å²) in [6.45, 7) is 2.61. The summed E-state index contributed by atoms with van der Waals surface area (Å²) in [6.07, 6.45) is 8.21. The minimum Gasteiger partial charge on any atom is -0.444 e. The summed E-state index contributed by atoms with van der Waals surface area (Å²) in [4.78, 5) is 76.9. The molecule has 0 radical (unpaired) electrons. The quantitative estimate of drug-likeness (QED) is 0.119. The van der Waals surface area contributed by atoms with Crippen molar-refractivity contribution in [3.05, 3.63) is 82.1 Å². The standard InChI is InChI=1S/C47H52F2N10O7/c1-55(24-34-25-57(20-21-65-34)19-3-4-29-8-14-37-39(22-29)56(2)47(64)59(37)38-15-16-40(60)53-44(38)62)46(63)30-9-12-33(13-10-30)58-26-35(41(54-58)42(48)49)51-43(61)36-27-66-45(52-36)31-17-18-50-32(23-31)11-7-28-5-6-28/h8,14,17-18,22-23,26-28,30,33-34,38,42H,5-7,9-13,15-16,19-21,24-25H2,1-2H3,(H,51,61)(H,53,60,62)/t30?,33?,34-,38?/m0/s1. The Morgan fingerprint density at radius 1 is 1.05 bits per heavy atom. The third kappa shape index (κ3) is 9.84. The Bertz CT molecular complexity index is 2770. The summed E-state index contributed by atoms with van der Waals surface area (Å²) in [5.74, 6) is 5.65. The van der Waals surface area contributed by atoms with Crippen molar-refractivity contribution in [3.8, 4) is 23.3 Å². The van der Waals surface area contributed by atoms with Crippen LogP contribution in [0, 0.1) is 23.7 Å². The highest BCUT2D eigenvalue weighted by Gasteiger charge is 2.34. The number of oxazole rings is 1. The number of carbonyl (C=O) groups is 4. The van der Waals surface area contributed by atoms with Gasteiger partial charge in [-0.3, -0.25) is 48.2 Å². The van der Waals surface area contributed by atoms with Gasteiger partial charge in [0.1, 0.15) is 12.3 Å². The zero-order valence-corrected chi connectivity index (χ0v) is 36.9. The van der Waals surface area contributed by atoms with Crippen LogP contribution in [-0.4, -0.2) is 108 Å². The maximum absolute atomic E-state index is 14.2. The Kier molecular flexibility index (Phi) is 13.0. The van der Waals surface area contributed by atoms with E-state index in [0.717, 1.165) is 24.5 Å². The lowest BCUT2D eigenvalue weighted by molar-refractivity contribution is -0.138. The Morgan fingerprint density at radius 3 is 2.64 bits per heavy atom. The predicted octanol–water partition coefficient (Wildman–Crippen LogP) is 5.04. The number of imidazole rings is 1. The van der Waals surface area contributed by atoms with E-state index in [-0.39, 0.29) is 65.7 Å². The van der Waals surface area contributed by atoms with Gasteiger partial charge < -0.3 is 19.4 Å². The number of nitrogens with zero attached hydrogens (tertiary/aromatic N) is 8. The number of halogens is 2. The number of amides is 4. The fourth-order valence-electron chi connectivity index (χ4n) is 9.31. The molecule has 2 aliphatic carbocycles. The first-order chi connectivity index (χ1) is 31.9. The molecule has 4 fully saturated rings. The average Bonchev–Trinajstić information content (AvgIpc) is 3.73. The highest BCUT2D eigenvalue weighted by Crippen LogP contribution is 2.36. The SMILES string of the molecule is CN(C[C@H]1CN(CC#Cc2ccc3c(c2)n(C)c(=O)n3C2CCC(=O)NC2=O)CCO1)C(=O)C1CCC(n2cc(NC(=O)c3coc(-c4ccnc(CCC5CC5)c4)n3)c(C(F)F)n2)CC1. The number of imide groups is 1. The summed E-state index contributed by atoms with van der Waals surface area (Å²) in [7, 11) is 3.41. The zero-order valence-electron chi connectivity index (χ0n) is 36.9. The lowest BCUT2D eigenvalue weighted by Crippen LogP contribution is -2.49. The number of likely N-dealkylation sites (N-methyl/N-ethyl adjacent to an activating group) is 1. The summed E-state index contributed by atoms with van der Waals surface area (Å²) in [5.41, 5.74) is 2.49. The van der Waals surface area contributed by atoms with Gasteiger partial charge in [-0.05, 0) is 81.2 Å². The fraction of sp³-hybridized carbons (Fsp3) is 0.489. The topological polar surface area (TPSA) is 192 Å². The van der Waals surface area contributed by atoms with Crippen LogP contribution in [0.4, 0.5) is 14.5 Å². The third-order valence-electron chi connectivity index (χ3n) is 13.2. The number of morpholine rings is 1. The number of fused-ring (bicyclic) bond motifs is 1. The molecule has 5 aromatic rings. The van der Waals surface area contributed by atoms with Gasteiger partial charge in [0, 0.05) is 75.3 Å². The predicted molar refractivity (Wildman–Crippen MR) is 236 cm³/mol. The molecule has 6 heterocycles. The lowest BCUT2D eigenvalue weighted by Gasteiger charge is -2.35. The number of benzene rings is 1. The molecule has 0 bridgehead atoms. The van der Waals surface area contributed by atoms with Gasteiger partial charge in [-0.25, -0.2) is 18.6 Å². The van der Waals surface area contributed by atoms with Crippen molar-refractivity contribution in [2.45, 2.75) is 88.8 Å². The van der Waals surface area contributed by atoms with Crippen molar-refractivity contribution in [2.75, 3.05) is 45.2 Å². The number of aromatic nitrogens is 6. The molecular weight excluding hydrogens is 855 g/mol. The number of piperidine rings is 1. The molecule has 2 atom stereocenters. The molecule has 2 N–H and O–H groups in total. The van der Waals surface area contributed by atoms with Crippen molar-refractivity contribution in [2.24, 2.45) is 18.9 Å². The number of alkyl halides is 2. The molecule has 346 valence electrons. The van der Waals surface area contributed by atoms with Gasteiger partial charge in [0.2, 0.25) is 23.6 Å². The molecule has 9 rings (SSSR count). The molecule has 17 nitrogen and oxygen atoms in total. The first-order valence-electron chi connectivity index (χ1n) is 22.6. The Hall–Kier alpha value is -6.52. The third-order valence-corrected chi connectivity index (χ3v) is 13.2. The van der Waals surface area contributed by atoms with Crippen molar-refractivity contribution in [3.63, 3.8) is 0 Å². The van der Waals surface area contributed by atoms with E-state index in [1.807, 2.05) is 18.2 Å². The summed E-state index contributed by atoms with van der Waals surface area (Å²) >= 11 is 0. The van der Waals surface area contributed by atoms with Gasteiger partial charge in [-0.1, -0.05) is 24.7 Å². The van der Waals surface area contributed by atoms with Crippen LogP contribution in [0.25, 0.3) is 22.5 Å². The van der Waals surface area contributed by atoms with Crippen LogP contribution in [0.5, 0.6) is 0 Å². The van der Waals surface area contributed by atoms with Gasteiger partial charge in [0.25, 0.3) is 12.3 Å². The van der Waals surface area contributed by atoms with Crippen LogP contribution in [0.1, 0.15) is 104 Å². The van der Waals surface area contributed by atoms with Crippen molar-refractivity contribution < 1.29 is 37.1 Å². The van der Waals surface area contributed by atoms with Crippen LogP contribution < -0.4 is 16.3 Å². The summed E-state index contributed by atoms with van der Waals surface area (Å²) in [5, 5.41) is 9.07. The van der Waals surface area contributed by atoms with E-state index in [4.69, 9.17) is 9.15 Å². The minimum absolute atomic E-state index is 0.000102. The summed E-state index contributed by atoms with van der Waals surface area (Å²) < 4.78 is 44.5. The second-order valence-corrected chi connectivity index (χ2v) is 17.9. The first-order valence-corrected chi connectivity index (χ1v) is 22.6. The Morgan fingerprint density at radius 2 is 1.86 bits per heavy atom. The number of anilines is 1. The number of pyridine rings is 1. The first kappa shape index (κ1) is 44.7. The second kappa shape index (κ2) is 19.1. The maximum Gasteiger partial charge on any atom is 0.329 e. The molecule has 19 heteroatoms. The molecular formula is C47H52F2N10O7. The maximum atomic E-state index is 14.2. The van der Waals surface area contributed by atoms with E-state index >= 15 is 0 Å². The second-order valence-electron chi connectivity index (χ2n) is 17.9. The number of aryl methyl sites for hydroxylation is 2. The van der Waals surface area contributed by atoms with E-state index in [1.54, 1.807) is 37.3 Å². The van der Waals surface area contributed by atoms with E-state index in [2.05, 4.69) is 42.4 Å². The van der Waals surface area contributed by atoms with E-state index in [0.29, 0.717) is 80.6 Å². The highest BCUT2D eigenvalue weighted by molar-refractivity contribution is 6.03. The number of rotatable bonds is 13. The van der Waals surface area contributed by atoms with Crippen LogP contribution in [0.15, 0.2) is 58.2 Å². The van der Waals surface area contributed by atoms with E-state index < -0.39 is 30.0 Å². The molecule has 1 aromatic carbocycles. The van der Waals surface area contributed by atoms with E-state index in [9.17, 15) is 32.8 Å². The molecule has 4 aliphatic rings. The molecule has 2 saturated carbocycles. The van der Waals surface area contributed by atoms with Gasteiger partial charge in [0.05, 0.1) is 42.0 Å². The molecule has 66 heavy (non-hydrogen) atoms. The number of nitrogens with one attached hydrogen (secondary N) is 2. The molecule has 0 spiro atoms. The minimum atomic E-state index is -2.93. The largest absolute Gasteiger partial charge is 0.444 e. The Labute approximate surface area is 378 Å². The molecule has 1 unspecified atom stereocenters. The van der Waals surface area contributed by atoms with Gasteiger partial charge in [0.15, 0.2) is 11.4 Å². The average molecular weight is 907 g/mol. The summed E-state index contributed by atoms with van der Waals surface area (Å²) in [6, 6.07) is 8.05.